The highest BCUT2D eigenvalue weighted by Crippen LogP contribution is 2.08. The van der Waals surface area contributed by atoms with Crippen molar-refractivity contribution in [2.45, 2.75) is 19.6 Å². The van der Waals surface area contributed by atoms with E-state index in [1.807, 2.05) is 0 Å². The van der Waals surface area contributed by atoms with Gasteiger partial charge in [0.25, 0.3) is 0 Å². The third-order valence-corrected chi connectivity index (χ3v) is 1.18. The molecule has 0 saturated heterocycles. The number of carbonyl (C=O) groups excluding carboxylic acids is 1. The van der Waals surface area contributed by atoms with E-state index in [2.05, 4.69) is 4.74 Å². The molecule has 0 amide bonds. The van der Waals surface area contributed by atoms with Crippen molar-refractivity contribution >= 4 is 5.97 Å². The zero-order valence-corrected chi connectivity index (χ0v) is 7.73. The van der Waals surface area contributed by atoms with Crippen LogP contribution in [0.25, 0.3) is 0 Å². The van der Waals surface area contributed by atoms with Crippen molar-refractivity contribution < 1.29 is 22.7 Å². The van der Waals surface area contributed by atoms with Crippen LogP contribution in [0.1, 0.15) is 13.3 Å². The smallest absolute Gasteiger partial charge is 0.457 e. The molecule has 0 aliphatic carbocycles. The molecule has 0 bridgehead atoms. The Hall–Kier alpha value is -1.04. The summed E-state index contributed by atoms with van der Waals surface area (Å²) in [5.41, 5.74) is 0. The molecule has 0 atom stereocenters. The van der Waals surface area contributed by atoms with E-state index in [0.29, 0.717) is 0 Å². The zero-order valence-electron chi connectivity index (χ0n) is 7.73. The first-order valence-corrected chi connectivity index (χ1v) is 4.08. The Morgan fingerprint density at radius 1 is 1.43 bits per heavy atom. The van der Waals surface area contributed by atoms with Gasteiger partial charge in [-0.15, -0.1) is 0 Å². The molecule has 0 aromatic carbocycles. The van der Waals surface area contributed by atoms with Crippen LogP contribution < -0.4 is 5.32 Å². The predicted octanol–water partition coefficient (Wildman–Crippen LogP) is 1.61. The SMILES string of the molecule is CCOC(=O)C/C=C/CNC(F)(F)F. The molecule has 0 unspecified atom stereocenters. The molecule has 3 nitrogen and oxygen atoms in total. The average molecular weight is 211 g/mol. The molecule has 1 N–H and O–H groups in total. The van der Waals surface area contributed by atoms with Gasteiger partial charge in [0, 0.05) is 6.54 Å². The van der Waals surface area contributed by atoms with Gasteiger partial charge in [-0.05, 0) is 6.92 Å². The zero-order chi connectivity index (χ0) is 11.0. The first-order valence-electron chi connectivity index (χ1n) is 4.08. The highest BCUT2D eigenvalue weighted by molar-refractivity contribution is 5.71. The van der Waals surface area contributed by atoms with E-state index in [4.69, 9.17) is 0 Å². The number of rotatable bonds is 5. The topological polar surface area (TPSA) is 38.3 Å². The minimum absolute atomic E-state index is 0.00657. The molecule has 0 aromatic heterocycles. The maximum Gasteiger partial charge on any atom is 0.457 e. The fraction of sp³-hybridized carbons (Fsp3) is 0.625. The maximum atomic E-state index is 11.5. The number of ether oxygens (including phenoxy) is 1. The summed E-state index contributed by atoms with van der Waals surface area (Å²) >= 11 is 0. The molecule has 82 valence electrons. The molecule has 0 spiro atoms. The van der Waals surface area contributed by atoms with Crippen LogP contribution in [0.5, 0.6) is 0 Å². The Balaban J connectivity index is 3.50. The van der Waals surface area contributed by atoms with Gasteiger partial charge in [-0.2, -0.15) is 13.2 Å². The number of nitrogens with one attached hydrogen (secondary N) is 1. The van der Waals surface area contributed by atoms with E-state index in [-0.39, 0.29) is 19.6 Å². The quantitative estimate of drug-likeness (QED) is 0.426. The van der Waals surface area contributed by atoms with Crippen LogP contribution in [-0.4, -0.2) is 25.4 Å². The monoisotopic (exact) mass is 211 g/mol. The van der Waals surface area contributed by atoms with E-state index in [9.17, 15) is 18.0 Å². The Morgan fingerprint density at radius 3 is 2.57 bits per heavy atom. The van der Waals surface area contributed by atoms with E-state index >= 15 is 0 Å². The van der Waals surface area contributed by atoms with Gasteiger partial charge in [-0.3, -0.25) is 4.79 Å². The minimum Gasteiger partial charge on any atom is -0.466 e. The Bertz CT molecular complexity index is 201. The fourth-order valence-corrected chi connectivity index (χ4v) is 0.657. The lowest BCUT2D eigenvalue weighted by Gasteiger charge is -2.04. The summed E-state index contributed by atoms with van der Waals surface area (Å²) in [5, 5.41) is 1.29. The van der Waals surface area contributed by atoms with E-state index in [1.54, 1.807) is 6.92 Å². The van der Waals surface area contributed by atoms with Gasteiger partial charge in [0.05, 0.1) is 13.0 Å². The lowest BCUT2D eigenvalue weighted by atomic mass is 10.4. The van der Waals surface area contributed by atoms with Crippen molar-refractivity contribution in [3.63, 3.8) is 0 Å². The van der Waals surface area contributed by atoms with Gasteiger partial charge < -0.3 is 4.74 Å². The Kier molecular flexibility index (Phi) is 5.94. The Labute approximate surface area is 79.9 Å². The summed E-state index contributed by atoms with van der Waals surface area (Å²) in [7, 11) is 0. The second kappa shape index (κ2) is 6.42. The van der Waals surface area contributed by atoms with Gasteiger partial charge in [0.15, 0.2) is 0 Å². The van der Waals surface area contributed by atoms with Crippen molar-refractivity contribution in [1.29, 1.82) is 0 Å². The maximum absolute atomic E-state index is 11.5. The normalized spacial score (nSPS) is 12.0. The van der Waals surface area contributed by atoms with Crippen LogP contribution in [0, 0.1) is 0 Å². The van der Waals surface area contributed by atoms with Gasteiger partial charge in [-0.25, -0.2) is 5.32 Å². The molecule has 0 aromatic rings. The molecule has 14 heavy (non-hydrogen) atoms. The summed E-state index contributed by atoms with van der Waals surface area (Å²) in [5.74, 6) is -0.448. The van der Waals surface area contributed by atoms with Gasteiger partial charge in [-0.1, -0.05) is 12.2 Å². The van der Waals surface area contributed by atoms with E-state index in [1.165, 1.54) is 17.5 Å². The molecule has 0 rings (SSSR count). The largest absolute Gasteiger partial charge is 0.466 e. The highest BCUT2D eigenvalue weighted by Gasteiger charge is 2.24. The number of carbonyl (C=O) groups is 1. The average Bonchev–Trinajstić information content (AvgIpc) is 2.02. The molecule has 0 heterocycles. The lowest BCUT2D eigenvalue weighted by Crippen LogP contribution is -2.31. The first kappa shape index (κ1) is 13.0. The van der Waals surface area contributed by atoms with Crippen molar-refractivity contribution in [1.82, 2.24) is 5.32 Å². The van der Waals surface area contributed by atoms with Crippen LogP contribution in [0.4, 0.5) is 13.2 Å². The molecule has 0 saturated carbocycles. The molecule has 0 aliphatic rings. The summed E-state index contributed by atoms with van der Waals surface area (Å²) in [6.45, 7) is 1.59. The fourth-order valence-electron chi connectivity index (χ4n) is 0.657. The van der Waals surface area contributed by atoms with E-state index in [0.717, 1.165) is 0 Å². The third-order valence-electron chi connectivity index (χ3n) is 1.18. The minimum atomic E-state index is -4.38. The molecule has 6 heteroatoms. The summed E-state index contributed by atoms with van der Waals surface area (Å²) in [6, 6.07) is 0. The number of hydrogen-bond donors (Lipinski definition) is 1. The second-order valence-electron chi connectivity index (χ2n) is 2.36. The van der Waals surface area contributed by atoms with Crippen molar-refractivity contribution in [3.05, 3.63) is 12.2 Å². The van der Waals surface area contributed by atoms with Crippen molar-refractivity contribution in [2.75, 3.05) is 13.2 Å². The molecular formula is C8H12F3NO2. The lowest BCUT2D eigenvalue weighted by molar-refractivity contribution is -0.154. The van der Waals surface area contributed by atoms with Crippen molar-refractivity contribution in [3.8, 4) is 0 Å². The molecule has 0 radical (unpaired) electrons. The van der Waals surface area contributed by atoms with Crippen LogP contribution in [0.2, 0.25) is 0 Å². The number of alkyl halides is 3. The standard InChI is InChI=1S/C8H12F3NO2/c1-2-14-7(13)5-3-4-6-12-8(9,10)11/h3-4,12H,2,5-6H2,1H3/b4-3+. The molecule has 0 fully saturated rings. The number of esters is 1. The first-order chi connectivity index (χ1) is 6.45. The van der Waals surface area contributed by atoms with Gasteiger partial charge in [0.2, 0.25) is 0 Å². The summed E-state index contributed by atoms with van der Waals surface area (Å²) in [6.07, 6.45) is -1.83. The van der Waals surface area contributed by atoms with Crippen LogP contribution in [0.3, 0.4) is 0 Å². The predicted molar refractivity (Wildman–Crippen MR) is 44.4 cm³/mol. The van der Waals surface area contributed by atoms with E-state index < -0.39 is 12.3 Å². The third kappa shape index (κ3) is 9.05. The molecular weight excluding hydrogens is 199 g/mol. The van der Waals surface area contributed by atoms with Crippen LogP contribution in [-0.2, 0) is 9.53 Å². The summed E-state index contributed by atoms with van der Waals surface area (Å²) < 4.78 is 39.1. The number of hydrogen-bond acceptors (Lipinski definition) is 3. The molecule has 0 aliphatic heterocycles. The van der Waals surface area contributed by atoms with Gasteiger partial charge in [0.1, 0.15) is 0 Å². The Morgan fingerprint density at radius 2 is 2.07 bits per heavy atom. The van der Waals surface area contributed by atoms with Crippen molar-refractivity contribution in [2.24, 2.45) is 0 Å². The second-order valence-corrected chi connectivity index (χ2v) is 2.36. The van der Waals surface area contributed by atoms with Gasteiger partial charge >= 0.3 is 12.3 Å². The number of halogens is 3. The van der Waals surface area contributed by atoms with Crippen LogP contribution >= 0.6 is 0 Å². The van der Waals surface area contributed by atoms with Crippen LogP contribution in [0.15, 0.2) is 12.2 Å². The highest BCUT2D eigenvalue weighted by atomic mass is 19.4. The summed E-state index contributed by atoms with van der Waals surface area (Å²) in [4.78, 5) is 10.7.